The number of nitrogens with two attached hydrogens (primary N) is 1. The number of nitrogens with one attached hydrogen (secondary N) is 2. The first-order chi connectivity index (χ1) is 18.3. The van der Waals surface area contributed by atoms with Crippen LogP contribution in [0.15, 0.2) is 47.5 Å². The van der Waals surface area contributed by atoms with Crippen molar-refractivity contribution in [3.05, 3.63) is 65.2 Å². The molecule has 38 heavy (non-hydrogen) atoms. The van der Waals surface area contributed by atoms with Gasteiger partial charge in [-0.15, -0.1) is 0 Å². The summed E-state index contributed by atoms with van der Waals surface area (Å²) >= 11 is 0. The van der Waals surface area contributed by atoms with Crippen LogP contribution in [0, 0.1) is 17.0 Å². The molecule has 0 spiro atoms. The first kappa shape index (κ1) is 25.2. The van der Waals surface area contributed by atoms with Gasteiger partial charge in [0.2, 0.25) is 17.4 Å². The first-order valence-electron chi connectivity index (χ1n) is 12.0. The molecule has 3 aromatic rings. The average Bonchev–Trinajstić information content (AvgIpc) is 3.57. The van der Waals surface area contributed by atoms with E-state index in [-0.39, 0.29) is 28.6 Å². The van der Waals surface area contributed by atoms with E-state index in [2.05, 4.69) is 15.3 Å². The lowest BCUT2D eigenvalue weighted by Crippen LogP contribution is -2.23. The van der Waals surface area contributed by atoms with Gasteiger partial charge in [-0.3, -0.25) is 10.4 Å². The number of aliphatic imine (C=N–C) groups is 1. The van der Waals surface area contributed by atoms with E-state index in [1.54, 1.807) is 18.2 Å². The molecule has 0 radical (unpaired) electrons. The number of amidine groups is 2. The molecular formula is C26H26F2N6O4. The fraction of sp³-hybridized carbons (Fsp3) is 0.269. The maximum atomic E-state index is 15.5. The molecule has 2 aliphatic heterocycles. The van der Waals surface area contributed by atoms with Crippen molar-refractivity contribution in [2.45, 2.75) is 12.5 Å². The Morgan fingerprint density at radius 1 is 1.16 bits per heavy atom. The number of hydrogen-bond acceptors (Lipinski definition) is 9. The molecule has 5 N–H and O–H groups in total. The van der Waals surface area contributed by atoms with Crippen LogP contribution in [-0.2, 0) is 0 Å². The Morgan fingerprint density at radius 2 is 1.95 bits per heavy atom. The molecule has 0 saturated carbocycles. The number of pyridine rings is 1. The third-order valence-electron chi connectivity index (χ3n) is 6.12. The summed E-state index contributed by atoms with van der Waals surface area (Å²) in [4.78, 5) is 10.4. The van der Waals surface area contributed by atoms with E-state index < -0.39 is 35.2 Å². The number of aromatic hydroxyl groups is 1. The van der Waals surface area contributed by atoms with Crippen LogP contribution in [0.2, 0.25) is 0 Å². The van der Waals surface area contributed by atoms with Crippen LogP contribution in [0.3, 0.4) is 0 Å². The highest BCUT2D eigenvalue weighted by atomic mass is 19.1. The molecule has 1 unspecified atom stereocenters. The van der Waals surface area contributed by atoms with Gasteiger partial charge < -0.3 is 35.3 Å². The second-order valence-electron chi connectivity index (χ2n) is 8.87. The van der Waals surface area contributed by atoms with Gasteiger partial charge in [-0.1, -0.05) is 12.1 Å². The van der Waals surface area contributed by atoms with Crippen molar-refractivity contribution in [1.29, 1.82) is 5.41 Å². The molecule has 1 fully saturated rings. The Kier molecular flexibility index (Phi) is 6.97. The highest BCUT2D eigenvalue weighted by Crippen LogP contribution is 2.40. The average molecular weight is 525 g/mol. The standard InChI is InChI=1S/C26H26F2N6O4/c1-34-10-9-32-24(34)15-3-2-4-16(11-15)37-25-20(27)22(36-17-7-8-31-13-17)21(28)26(33-25)38-19-12-14(23(29)30)5-6-18(19)35/h2-6,11-12,17,31,35H,7-10,13H2,1H3,(H3,29,30). The molecule has 1 aromatic heterocycles. The van der Waals surface area contributed by atoms with Gasteiger partial charge in [-0.25, -0.2) is 0 Å². The van der Waals surface area contributed by atoms with Crippen LogP contribution in [0.5, 0.6) is 34.8 Å². The molecule has 1 atom stereocenters. The Balaban J connectivity index is 1.53. The van der Waals surface area contributed by atoms with Crippen molar-refractivity contribution >= 4 is 11.7 Å². The monoisotopic (exact) mass is 524 g/mol. The Labute approximate surface area is 217 Å². The number of nitrogens with zero attached hydrogens (tertiary/aromatic N) is 3. The van der Waals surface area contributed by atoms with Crippen LogP contribution in [0.25, 0.3) is 0 Å². The van der Waals surface area contributed by atoms with E-state index in [0.717, 1.165) is 17.9 Å². The van der Waals surface area contributed by atoms with E-state index in [1.165, 1.54) is 18.2 Å². The van der Waals surface area contributed by atoms with Crippen molar-refractivity contribution in [3.63, 3.8) is 0 Å². The zero-order chi connectivity index (χ0) is 26.8. The van der Waals surface area contributed by atoms with Gasteiger partial charge >= 0.3 is 0 Å². The summed E-state index contributed by atoms with van der Waals surface area (Å²) in [6.07, 6.45) is 0.0722. The molecule has 198 valence electrons. The number of benzene rings is 2. The second-order valence-corrected chi connectivity index (χ2v) is 8.87. The maximum absolute atomic E-state index is 15.5. The summed E-state index contributed by atoms with van der Waals surface area (Å²) in [6, 6.07) is 10.7. The molecular weight excluding hydrogens is 498 g/mol. The van der Waals surface area contributed by atoms with Gasteiger partial charge in [-0.2, -0.15) is 13.8 Å². The first-order valence-corrected chi connectivity index (χ1v) is 12.0. The minimum atomic E-state index is -1.20. The second kappa shape index (κ2) is 10.5. The van der Waals surface area contributed by atoms with E-state index in [4.69, 9.17) is 25.4 Å². The number of nitrogen functional groups attached to an aromatic ring is 1. The summed E-state index contributed by atoms with van der Waals surface area (Å²) < 4.78 is 48.0. The number of hydrogen-bond donors (Lipinski definition) is 4. The van der Waals surface area contributed by atoms with Gasteiger partial charge in [0.15, 0.2) is 11.5 Å². The Morgan fingerprint density at radius 3 is 2.63 bits per heavy atom. The van der Waals surface area contributed by atoms with Gasteiger partial charge in [0.25, 0.3) is 11.8 Å². The van der Waals surface area contributed by atoms with Crippen molar-refractivity contribution in [2.75, 3.05) is 33.2 Å². The highest BCUT2D eigenvalue weighted by molar-refractivity contribution is 6.00. The number of halogens is 2. The number of rotatable bonds is 8. The van der Waals surface area contributed by atoms with Crippen LogP contribution in [0.1, 0.15) is 17.5 Å². The summed E-state index contributed by atoms with van der Waals surface area (Å²) in [6.45, 7) is 2.50. The van der Waals surface area contributed by atoms with Crippen molar-refractivity contribution in [2.24, 2.45) is 10.7 Å². The quantitative estimate of drug-likeness (QED) is 0.260. The lowest BCUT2D eigenvalue weighted by Gasteiger charge is -2.18. The molecule has 2 aromatic carbocycles. The van der Waals surface area contributed by atoms with E-state index >= 15 is 8.78 Å². The lowest BCUT2D eigenvalue weighted by atomic mass is 10.2. The number of aromatic nitrogens is 1. The summed E-state index contributed by atoms with van der Waals surface area (Å²) in [7, 11) is 1.92. The highest BCUT2D eigenvalue weighted by Gasteiger charge is 2.29. The third kappa shape index (κ3) is 5.16. The van der Waals surface area contributed by atoms with E-state index in [1.807, 2.05) is 18.0 Å². The van der Waals surface area contributed by atoms with Crippen LogP contribution >= 0.6 is 0 Å². The van der Waals surface area contributed by atoms with Crippen LogP contribution in [-0.4, -0.2) is 66.0 Å². The molecule has 0 aliphatic carbocycles. The molecule has 5 rings (SSSR count). The number of ether oxygens (including phenoxy) is 3. The summed E-state index contributed by atoms with van der Waals surface area (Å²) in [5.41, 5.74) is 6.51. The molecule has 3 heterocycles. The van der Waals surface area contributed by atoms with Crippen LogP contribution in [0.4, 0.5) is 8.78 Å². The van der Waals surface area contributed by atoms with Gasteiger partial charge in [0.05, 0.1) is 6.54 Å². The Bertz CT molecular complexity index is 1410. The largest absolute Gasteiger partial charge is 0.504 e. The molecule has 0 amide bonds. The minimum Gasteiger partial charge on any atom is -0.504 e. The Hall–Kier alpha value is -4.45. The lowest BCUT2D eigenvalue weighted by molar-refractivity contribution is 0.196. The predicted octanol–water partition coefficient (Wildman–Crippen LogP) is 3.37. The maximum Gasteiger partial charge on any atom is 0.263 e. The zero-order valence-electron chi connectivity index (χ0n) is 20.5. The summed E-state index contributed by atoms with van der Waals surface area (Å²) in [5, 5.41) is 20.9. The normalized spacial score (nSPS) is 16.9. The van der Waals surface area contributed by atoms with Gasteiger partial charge in [0.1, 0.15) is 23.5 Å². The fourth-order valence-electron chi connectivity index (χ4n) is 4.14. The number of phenols is 1. The number of phenolic OH excluding ortho intramolecular Hbond substituents is 1. The number of likely N-dealkylation sites (N-methyl/N-ethyl adjacent to an activating group) is 1. The fourth-order valence-corrected chi connectivity index (χ4v) is 4.14. The third-order valence-corrected chi connectivity index (χ3v) is 6.12. The van der Waals surface area contributed by atoms with E-state index in [9.17, 15) is 5.11 Å². The molecule has 12 heteroatoms. The predicted molar refractivity (Wildman–Crippen MR) is 136 cm³/mol. The van der Waals surface area contributed by atoms with Gasteiger partial charge in [0, 0.05) is 31.3 Å². The summed E-state index contributed by atoms with van der Waals surface area (Å²) in [5.74, 6) is -4.19. The topological polar surface area (TPSA) is 138 Å². The minimum absolute atomic E-state index is 0.224. The molecule has 10 nitrogen and oxygen atoms in total. The van der Waals surface area contributed by atoms with Crippen molar-refractivity contribution < 1.29 is 28.1 Å². The van der Waals surface area contributed by atoms with Crippen molar-refractivity contribution in [3.8, 4) is 34.8 Å². The van der Waals surface area contributed by atoms with Gasteiger partial charge in [-0.05, 0) is 43.3 Å². The van der Waals surface area contributed by atoms with Crippen molar-refractivity contribution in [1.82, 2.24) is 15.2 Å². The molecule has 1 saturated heterocycles. The molecule has 0 bridgehead atoms. The van der Waals surface area contributed by atoms with Crippen LogP contribution < -0.4 is 25.3 Å². The zero-order valence-corrected chi connectivity index (χ0v) is 20.5. The smallest absolute Gasteiger partial charge is 0.263 e. The van der Waals surface area contributed by atoms with E-state index in [0.29, 0.717) is 26.1 Å². The SMILES string of the molecule is CN1CCN=C1c1cccc(Oc2nc(Oc3cc(C(=N)N)ccc3O)c(F)c(OC3CCNC3)c2F)c1. The molecule has 2 aliphatic rings.